The molecule has 0 aromatic heterocycles. The molecule has 2 atom stereocenters. The van der Waals surface area contributed by atoms with E-state index in [2.05, 4.69) is 35.8 Å². The lowest BCUT2D eigenvalue weighted by Crippen LogP contribution is -2.43. The quantitative estimate of drug-likeness (QED) is 0.328. The molecule has 172 valence electrons. The van der Waals surface area contributed by atoms with Crippen molar-refractivity contribution in [2.24, 2.45) is 5.92 Å². The normalized spacial score (nSPS) is 17.4. The molecule has 1 aromatic carbocycles. The van der Waals surface area contributed by atoms with Crippen molar-refractivity contribution < 1.29 is 37.4 Å². The minimum Gasteiger partial charge on any atom is -0.458 e. The number of carbonyl (C=O) groups is 4. The predicted molar refractivity (Wildman–Crippen MR) is 114 cm³/mol. The molecule has 0 bridgehead atoms. The number of rotatable bonds is 9. The minimum absolute atomic E-state index is 0.0162. The van der Waals surface area contributed by atoms with Crippen LogP contribution in [0.2, 0.25) is 0 Å². The Balaban J connectivity index is 2.25. The Morgan fingerprint density at radius 3 is 2.44 bits per heavy atom. The summed E-state index contributed by atoms with van der Waals surface area (Å²) in [5.41, 5.74) is -1.45. The average molecular weight is 468 g/mol. The zero-order valence-electron chi connectivity index (χ0n) is 17.0. The van der Waals surface area contributed by atoms with E-state index < -0.39 is 52.0 Å². The Kier molecular flexibility index (Phi) is 8.94. The smallest absolute Gasteiger partial charge is 0.410 e. The maximum atomic E-state index is 14.8. The van der Waals surface area contributed by atoms with E-state index in [1.807, 2.05) is 0 Å². The number of carbonyl (C=O) groups excluding carboxylic acids is 4. The molecule has 1 saturated heterocycles. The molecule has 2 amide bonds. The van der Waals surface area contributed by atoms with Crippen LogP contribution in [0.4, 0.5) is 19.3 Å². The Labute approximate surface area is 188 Å². The molecule has 1 aromatic rings. The topological polar surface area (TPSA) is 102 Å². The number of nitrogens with zero attached hydrogens (tertiary/aromatic N) is 1. The molecule has 1 aliphatic heterocycles. The van der Waals surface area contributed by atoms with Crippen molar-refractivity contribution in [2.45, 2.75) is 18.9 Å². The number of halogens is 2. The van der Waals surface area contributed by atoms with Crippen LogP contribution in [0.3, 0.4) is 0 Å². The highest BCUT2D eigenvalue weighted by molar-refractivity contribution is 7.96. The number of amides is 2. The first-order valence-corrected chi connectivity index (χ1v) is 9.97. The number of likely N-dealkylation sites (tertiary alicyclic amines) is 1. The van der Waals surface area contributed by atoms with E-state index in [1.54, 1.807) is 0 Å². The third-order valence-corrected chi connectivity index (χ3v) is 4.78. The molecule has 1 N–H and O–H groups in total. The lowest BCUT2D eigenvalue weighted by Gasteiger charge is -2.23. The summed E-state index contributed by atoms with van der Waals surface area (Å²) in [6.07, 6.45) is 1.87. The summed E-state index contributed by atoms with van der Waals surface area (Å²) in [7, 11) is 0. The molecule has 1 aliphatic rings. The Bertz CT molecular complexity index is 939. The van der Waals surface area contributed by atoms with Crippen LogP contribution in [0, 0.1) is 17.6 Å². The van der Waals surface area contributed by atoms with Crippen molar-refractivity contribution in [2.75, 3.05) is 25.1 Å². The van der Waals surface area contributed by atoms with Crippen LogP contribution in [0.15, 0.2) is 37.4 Å². The first kappa shape index (κ1) is 25.1. The van der Waals surface area contributed by atoms with Gasteiger partial charge in [0, 0.05) is 13.0 Å². The molecule has 0 spiro atoms. The molecule has 1 heterocycles. The molecule has 2 rings (SSSR count). The average Bonchev–Trinajstić information content (AvgIpc) is 3.15. The van der Waals surface area contributed by atoms with Gasteiger partial charge < -0.3 is 14.8 Å². The second-order valence-electron chi connectivity index (χ2n) is 6.89. The van der Waals surface area contributed by atoms with E-state index in [0.29, 0.717) is 0 Å². The van der Waals surface area contributed by atoms with Crippen LogP contribution >= 0.6 is 12.6 Å². The molecule has 0 saturated carbocycles. The predicted octanol–water partition coefficient (Wildman–Crippen LogP) is 3.11. The number of anilines is 1. The Morgan fingerprint density at radius 2 is 1.81 bits per heavy atom. The summed E-state index contributed by atoms with van der Waals surface area (Å²) >= 11 is 3.73. The SMILES string of the molecule is C=CCOC(=O)c1c(F)ccc(NC(=O)[C@@H]2C[C@@H](CC(=O)S)CN2C(=O)OCC=C)c1F. The van der Waals surface area contributed by atoms with Gasteiger partial charge in [-0.3, -0.25) is 14.5 Å². The number of benzene rings is 1. The van der Waals surface area contributed by atoms with Gasteiger partial charge in [-0.05, 0) is 24.5 Å². The summed E-state index contributed by atoms with van der Waals surface area (Å²) in [5.74, 6) is -4.93. The largest absolute Gasteiger partial charge is 0.458 e. The van der Waals surface area contributed by atoms with Gasteiger partial charge in [-0.2, -0.15) is 0 Å². The number of hydrogen-bond donors (Lipinski definition) is 2. The summed E-state index contributed by atoms with van der Waals surface area (Å²) in [5, 5.41) is 1.85. The Hall–Kier alpha value is -3.21. The van der Waals surface area contributed by atoms with Gasteiger partial charge in [-0.15, -0.1) is 12.6 Å². The molecule has 0 unspecified atom stereocenters. The van der Waals surface area contributed by atoms with Crippen LogP contribution in [0.25, 0.3) is 0 Å². The zero-order valence-corrected chi connectivity index (χ0v) is 17.9. The van der Waals surface area contributed by atoms with Gasteiger partial charge in [-0.1, -0.05) is 25.3 Å². The van der Waals surface area contributed by atoms with Crippen molar-refractivity contribution in [3.8, 4) is 0 Å². The fraction of sp³-hybridized carbons (Fsp3) is 0.333. The summed E-state index contributed by atoms with van der Waals surface area (Å²) in [6, 6.07) is 0.651. The van der Waals surface area contributed by atoms with Gasteiger partial charge in [0.25, 0.3) is 0 Å². The summed E-state index contributed by atoms with van der Waals surface area (Å²) < 4.78 is 38.4. The van der Waals surface area contributed by atoms with E-state index >= 15 is 0 Å². The molecule has 0 aliphatic carbocycles. The van der Waals surface area contributed by atoms with Crippen LogP contribution < -0.4 is 5.32 Å². The van der Waals surface area contributed by atoms with Crippen molar-refractivity contribution in [1.82, 2.24) is 4.90 Å². The number of ether oxygens (including phenoxy) is 2. The Morgan fingerprint density at radius 1 is 1.16 bits per heavy atom. The second kappa shape index (κ2) is 11.4. The fourth-order valence-corrected chi connectivity index (χ4v) is 3.50. The third-order valence-electron chi connectivity index (χ3n) is 4.60. The van der Waals surface area contributed by atoms with Crippen molar-refractivity contribution >= 4 is 41.4 Å². The number of esters is 1. The molecule has 11 heteroatoms. The van der Waals surface area contributed by atoms with E-state index in [0.717, 1.165) is 17.0 Å². The summed E-state index contributed by atoms with van der Waals surface area (Å²) in [6.45, 7) is 6.47. The maximum Gasteiger partial charge on any atom is 0.410 e. The van der Waals surface area contributed by atoms with Crippen molar-refractivity contribution in [3.63, 3.8) is 0 Å². The third kappa shape index (κ3) is 6.16. The van der Waals surface area contributed by atoms with Gasteiger partial charge in [0.05, 0.1) is 5.69 Å². The van der Waals surface area contributed by atoms with Crippen LogP contribution in [-0.4, -0.2) is 53.8 Å². The second-order valence-corrected chi connectivity index (χ2v) is 7.39. The monoisotopic (exact) mass is 468 g/mol. The van der Waals surface area contributed by atoms with Crippen LogP contribution in [0.5, 0.6) is 0 Å². The van der Waals surface area contributed by atoms with Crippen molar-refractivity contribution in [1.29, 1.82) is 0 Å². The fourth-order valence-electron chi connectivity index (χ4n) is 3.24. The minimum atomic E-state index is -1.33. The van der Waals surface area contributed by atoms with E-state index in [-0.39, 0.29) is 38.5 Å². The maximum absolute atomic E-state index is 14.8. The molecule has 0 radical (unpaired) electrons. The van der Waals surface area contributed by atoms with Gasteiger partial charge in [-0.25, -0.2) is 18.4 Å². The van der Waals surface area contributed by atoms with E-state index in [1.165, 1.54) is 12.2 Å². The highest BCUT2D eigenvalue weighted by Crippen LogP contribution is 2.29. The lowest BCUT2D eigenvalue weighted by molar-refractivity contribution is -0.120. The number of nitrogens with one attached hydrogen (secondary N) is 1. The highest BCUT2D eigenvalue weighted by atomic mass is 32.1. The molecule has 32 heavy (non-hydrogen) atoms. The first-order chi connectivity index (χ1) is 15.2. The molecular weight excluding hydrogens is 446 g/mol. The van der Waals surface area contributed by atoms with Gasteiger partial charge in [0.15, 0.2) is 10.9 Å². The first-order valence-electron chi connectivity index (χ1n) is 9.52. The lowest BCUT2D eigenvalue weighted by atomic mass is 10.0. The summed E-state index contributed by atoms with van der Waals surface area (Å²) in [4.78, 5) is 49.6. The van der Waals surface area contributed by atoms with E-state index in [9.17, 15) is 28.0 Å². The molecular formula is C21H22F2N2O6S. The molecule has 8 nitrogen and oxygen atoms in total. The number of thiol groups is 1. The number of hydrogen-bond acceptors (Lipinski definition) is 6. The van der Waals surface area contributed by atoms with Gasteiger partial charge >= 0.3 is 12.1 Å². The standard InChI is InChI=1S/C21H22F2N2O6S/c1-3-7-30-20(28)17-13(22)5-6-14(18(17)23)24-19(27)15-9-12(10-16(26)32)11-25(15)21(29)31-8-4-2/h3-6,12,15H,1-2,7-11H2,(H,24,27)(H,26,32)/t12-,15-/m0/s1. The van der Waals surface area contributed by atoms with Crippen LogP contribution in [-0.2, 0) is 19.1 Å². The zero-order chi connectivity index (χ0) is 23.8. The van der Waals surface area contributed by atoms with Gasteiger partial charge in [0.2, 0.25) is 5.91 Å². The van der Waals surface area contributed by atoms with Crippen LogP contribution in [0.1, 0.15) is 23.2 Å². The van der Waals surface area contributed by atoms with Gasteiger partial charge in [0.1, 0.15) is 30.6 Å². The van der Waals surface area contributed by atoms with Crippen molar-refractivity contribution in [3.05, 3.63) is 54.6 Å². The van der Waals surface area contributed by atoms with E-state index in [4.69, 9.17) is 4.74 Å². The molecule has 1 fully saturated rings. The highest BCUT2D eigenvalue weighted by Gasteiger charge is 2.41.